The third-order valence-corrected chi connectivity index (χ3v) is 1.73. The zero-order chi connectivity index (χ0) is 10.8. The fourth-order valence-electron chi connectivity index (χ4n) is 1.04. The van der Waals surface area contributed by atoms with E-state index in [0.29, 0.717) is 0 Å². The number of nitriles is 1. The summed E-state index contributed by atoms with van der Waals surface area (Å²) >= 11 is 0. The third-order valence-electron chi connectivity index (χ3n) is 1.73. The number of halogens is 3. The van der Waals surface area contributed by atoms with E-state index in [0.717, 1.165) is 12.1 Å². The third kappa shape index (κ3) is 1.99. The molecule has 0 aliphatic rings. The van der Waals surface area contributed by atoms with Gasteiger partial charge in [0.25, 0.3) is 0 Å². The maximum atomic E-state index is 12.4. The molecule has 2 nitrogen and oxygen atoms in total. The van der Waals surface area contributed by atoms with Crippen molar-refractivity contribution in [2.75, 3.05) is 7.11 Å². The lowest BCUT2D eigenvalue weighted by Crippen LogP contribution is -2.36. The van der Waals surface area contributed by atoms with Crippen LogP contribution >= 0.6 is 0 Å². The van der Waals surface area contributed by atoms with Gasteiger partial charge in [0.1, 0.15) is 5.75 Å². The number of hydrogen-bond donors (Lipinski definition) is 0. The monoisotopic (exact) mass is 200 g/mol. The van der Waals surface area contributed by atoms with Gasteiger partial charge in [-0.15, -0.1) is 0 Å². The number of rotatable bonds is 2. The molecule has 0 bridgehead atoms. The van der Waals surface area contributed by atoms with E-state index in [9.17, 15) is 12.9 Å². The number of nitrogens with zero attached hydrogens (tertiary/aromatic N) is 1. The largest absolute Gasteiger partial charge is 0.511 e. The van der Waals surface area contributed by atoms with Gasteiger partial charge in [0.15, 0.2) is 0 Å². The first-order valence-corrected chi connectivity index (χ1v) is 3.77. The Morgan fingerprint density at radius 1 is 1.36 bits per heavy atom. The van der Waals surface area contributed by atoms with E-state index in [1.165, 1.54) is 19.2 Å². The van der Waals surface area contributed by atoms with Gasteiger partial charge in [0.2, 0.25) is 0 Å². The summed E-state index contributed by atoms with van der Waals surface area (Å²) in [5.74, 6) is 0.0956. The summed E-state index contributed by atoms with van der Waals surface area (Å²) in [5.41, 5.74) is -1.29. The predicted molar refractivity (Wildman–Crippen MR) is 46.4 cm³/mol. The molecule has 0 amide bonds. The van der Waals surface area contributed by atoms with Crippen LogP contribution in [0, 0.1) is 11.3 Å². The van der Waals surface area contributed by atoms with Gasteiger partial charge in [-0.3, -0.25) is 0 Å². The number of ether oxygens (including phenoxy) is 1. The Hall–Kier alpha value is -1.64. The molecule has 1 aromatic carbocycles. The topological polar surface area (TPSA) is 33.0 Å². The van der Waals surface area contributed by atoms with Crippen molar-refractivity contribution in [2.45, 2.75) is 0 Å². The van der Waals surface area contributed by atoms with Crippen LogP contribution in [-0.2, 0) is 0 Å². The van der Waals surface area contributed by atoms with Gasteiger partial charge in [0.05, 0.1) is 13.2 Å². The SMILES string of the molecule is COc1ccc(C#N)c([B-](F)(F)F)c1. The molecule has 0 atom stereocenters. The summed E-state index contributed by atoms with van der Waals surface area (Å²) in [6.07, 6.45) is 0. The van der Waals surface area contributed by atoms with Crippen LogP contribution in [0.15, 0.2) is 18.2 Å². The predicted octanol–water partition coefficient (Wildman–Crippen LogP) is 1.62. The lowest BCUT2D eigenvalue weighted by atomic mass is 9.77. The van der Waals surface area contributed by atoms with Crippen LogP contribution in [-0.4, -0.2) is 14.1 Å². The minimum Gasteiger partial charge on any atom is -0.497 e. The fraction of sp³-hybridized carbons (Fsp3) is 0.125. The molecule has 0 aliphatic carbocycles. The Morgan fingerprint density at radius 2 is 2.00 bits per heavy atom. The molecule has 0 spiro atoms. The Kier molecular flexibility index (Phi) is 2.70. The molecule has 1 rings (SSSR count). The van der Waals surface area contributed by atoms with Crippen LogP contribution in [0.4, 0.5) is 12.9 Å². The molecule has 0 aromatic heterocycles. The van der Waals surface area contributed by atoms with Gasteiger partial charge in [-0.25, -0.2) is 0 Å². The van der Waals surface area contributed by atoms with E-state index in [4.69, 9.17) is 5.26 Å². The highest BCUT2D eigenvalue weighted by molar-refractivity contribution is 6.74. The zero-order valence-electron chi connectivity index (χ0n) is 7.30. The molecule has 6 heteroatoms. The van der Waals surface area contributed by atoms with Gasteiger partial charge in [-0.05, 0) is 18.2 Å². The number of methoxy groups -OCH3 is 1. The summed E-state index contributed by atoms with van der Waals surface area (Å²) in [6, 6.07) is 4.75. The van der Waals surface area contributed by atoms with E-state index >= 15 is 0 Å². The highest BCUT2D eigenvalue weighted by Gasteiger charge is 2.28. The molecule has 0 N–H and O–H groups in total. The minimum atomic E-state index is -5.17. The standard InChI is InChI=1S/C8H6BF3NO/c1-14-7-3-2-6(5-13)8(4-7)9(10,11)12/h2-4H,1H3/q-1. The maximum Gasteiger partial charge on any atom is 0.511 e. The van der Waals surface area contributed by atoms with Crippen molar-refractivity contribution in [3.05, 3.63) is 23.8 Å². The molecule has 14 heavy (non-hydrogen) atoms. The zero-order valence-corrected chi connectivity index (χ0v) is 7.30. The second kappa shape index (κ2) is 3.62. The van der Waals surface area contributed by atoms with Gasteiger partial charge in [-0.1, -0.05) is 5.46 Å². The molecule has 74 valence electrons. The summed E-state index contributed by atoms with van der Waals surface area (Å²) in [6.45, 7) is -5.17. The lowest BCUT2D eigenvalue weighted by molar-refractivity contribution is 0.414. The highest BCUT2D eigenvalue weighted by atomic mass is 19.4. The maximum absolute atomic E-state index is 12.4. The van der Waals surface area contributed by atoms with Crippen molar-refractivity contribution in [2.24, 2.45) is 0 Å². The summed E-state index contributed by atoms with van der Waals surface area (Å²) < 4.78 is 41.9. The first-order chi connectivity index (χ1) is 6.49. The van der Waals surface area contributed by atoms with E-state index in [1.807, 2.05) is 0 Å². The van der Waals surface area contributed by atoms with Crippen molar-refractivity contribution in [3.8, 4) is 11.8 Å². The van der Waals surface area contributed by atoms with E-state index in [1.54, 1.807) is 0 Å². The molecule has 0 heterocycles. The average molecular weight is 200 g/mol. The van der Waals surface area contributed by atoms with E-state index in [-0.39, 0.29) is 11.3 Å². The highest BCUT2D eigenvalue weighted by Crippen LogP contribution is 2.16. The minimum absolute atomic E-state index is 0.0956. The Morgan fingerprint density at radius 3 is 2.43 bits per heavy atom. The van der Waals surface area contributed by atoms with Gasteiger partial charge in [-0.2, -0.15) is 5.26 Å². The van der Waals surface area contributed by atoms with Crippen LogP contribution < -0.4 is 10.2 Å². The Labute approximate surface area is 79.0 Å². The Balaban J connectivity index is 3.31. The van der Waals surface area contributed by atoms with Crippen molar-refractivity contribution >= 4 is 12.4 Å². The van der Waals surface area contributed by atoms with E-state index in [2.05, 4.69) is 4.74 Å². The van der Waals surface area contributed by atoms with E-state index < -0.39 is 12.4 Å². The average Bonchev–Trinajstić information content (AvgIpc) is 2.15. The van der Waals surface area contributed by atoms with Gasteiger partial charge in [0, 0.05) is 5.56 Å². The molecule has 0 unspecified atom stereocenters. The molecule has 0 fully saturated rings. The summed E-state index contributed by atoms with van der Waals surface area (Å²) in [5, 5.41) is 8.46. The Bertz CT molecular complexity index is 383. The normalized spacial score (nSPS) is 10.8. The summed E-state index contributed by atoms with van der Waals surface area (Å²) in [7, 11) is 1.27. The fourth-order valence-corrected chi connectivity index (χ4v) is 1.04. The lowest BCUT2D eigenvalue weighted by Gasteiger charge is -2.17. The van der Waals surface area contributed by atoms with Crippen LogP contribution in [0.5, 0.6) is 5.75 Å². The first kappa shape index (κ1) is 10.4. The molecular weight excluding hydrogens is 194 g/mol. The van der Waals surface area contributed by atoms with Crippen molar-refractivity contribution in [3.63, 3.8) is 0 Å². The van der Waals surface area contributed by atoms with Crippen LogP contribution in [0.3, 0.4) is 0 Å². The van der Waals surface area contributed by atoms with Crippen LogP contribution in [0.25, 0.3) is 0 Å². The van der Waals surface area contributed by atoms with Crippen molar-refractivity contribution < 1.29 is 17.7 Å². The summed E-state index contributed by atoms with van der Waals surface area (Å²) in [4.78, 5) is 0. The van der Waals surface area contributed by atoms with Gasteiger partial charge >= 0.3 is 6.98 Å². The molecule has 0 aliphatic heterocycles. The molecular formula is C8H6BF3NO-. The van der Waals surface area contributed by atoms with Crippen molar-refractivity contribution in [1.82, 2.24) is 0 Å². The van der Waals surface area contributed by atoms with Crippen LogP contribution in [0.1, 0.15) is 5.56 Å². The molecule has 0 saturated heterocycles. The molecule has 0 radical (unpaired) electrons. The molecule has 0 saturated carbocycles. The second-order valence-electron chi connectivity index (χ2n) is 2.64. The first-order valence-electron chi connectivity index (χ1n) is 3.77. The van der Waals surface area contributed by atoms with Crippen LogP contribution in [0.2, 0.25) is 0 Å². The van der Waals surface area contributed by atoms with Gasteiger partial charge < -0.3 is 17.7 Å². The molecule has 1 aromatic rings. The number of hydrogen-bond acceptors (Lipinski definition) is 2. The van der Waals surface area contributed by atoms with Crippen molar-refractivity contribution in [1.29, 1.82) is 5.26 Å². The quantitative estimate of drug-likeness (QED) is 0.679. The second-order valence-corrected chi connectivity index (χ2v) is 2.64. The number of benzene rings is 1. The smallest absolute Gasteiger partial charge is 0.497 e.